The van der Waals surface area contributed by atoms with Crippen LogP contribution in [0.3, 0.4) is 0 Å². The Hall–Kier alpha value is -3.49. The Morgan fingerprint density at radius 2 is 1.67 bits per heavy atom. The second kappa shape index (κ2) is 8.87. The number of nitrogens with one attached hydrogen (secondary N) is 1. The van der Waals surface area contributed by atoms with E-state index in [2.05, 4.69) is 4.72 Å². The van der Waals surface area contributed by atoms with Crippen LogP contribution in [0.4, 0.5) is 9.18 Å². The lowest BCUT2D eigenvalue weighted by atomic mass is 10.0. The Morgan fingerprint density at radius 1 is 0.972 bits per heavy atom. The zero-order valence-corrected chi connectivity index (χ0v) is 21.1. The van der Waals surface area contributed by atoms with Crippen molar-refractivity contribution in [3.8, 4) is 11.3 Å². The minimum absolute atomic E-state index is 0.0300. The minimum atomic E-state index is -3.78. The molecular formula is C28H27FN2O4S. The first-order chi connectivity index (χ1) is 17.0. The Labute approximate surface area is 209 Å². The molecule has 1 aliphatic carbocycles. The van der Waals surface area contributed by atoms with Crippen LogP contribution in [-0.2, 0) is 27.6 Å². The van der Waals surface area contributed by atoms with Crippen LogP contribution in [0.1, 0.15) is 31.9 Å². The van der Waals surface area contributed by atoms with E-state index in [1.165, 1.54) is 12.1 Å². The summed E-state index contributed by atoms with van der Waals surface area (Å²) >= 11 is 0. The van der Waals surface area contributed by atoms with E-state index in [9.17, 15) is 17.6 Å². The van der Waals surface area contributed by atoms with Gasteiger partial charge in [0.25, 0.3) is 0 Å². The molecule has 186 valence electrons. The first-order valence-electron chi connectivity index (χ1n) is 11.7. The highest BCUT2D eigenvalue weighted by molar-refractivity contribution is 7.89. The molecule has 0 bridgehead atoms. The van der Waals surface area contributed by atoms with Gasteiger partial charge in [0, 0.05) is 11.4 Å². The summed E-state index contributed by atoms with van der Waals surface area (Å²) in [5.41, 5.74) is 3.73. The highest BCUT2D eigenvalue weighted by atomic mass is 32.2. The zero-order chi connectivity index (χ0) is 25.7. The predicted molar refractivity (Wildman–Crippen MR) is 137 cm³/mol. The zero-order valence-electron chi connectivity index (χ0n) is 20.3. The Kier molecular flexibility index (Phi) is 5.97. The van der Waals surface area contributed by atoms with Gasteiger partial charge in [-0.2, -0.15) is 0 Å². The number of fused-ring (bicyclic) bond motifs is 2. The van der Waals surface area contributed by atoms with Crippen molar-refractivity contribution in [3.63, 3.8) is 0 Å². The van der Waals surface area contributed by atoms with Gasteiger partial charge in [-0.3, -0.25) is 0 Å². The van der Waals surface area contributed by atoms with E-state index >= 15 is 0 Å². The highest BCUT2D eigenvalue weighted by Crippen LogP contribution is 2.33. The topological polar surface area (TPSA) is 77.4 Å². The number of halogens is 1. The first-order valence-corrected chi connectivity index (χ1v) is 13.2. The molecule has 0 saturated carbocycles. The molecule has 1 N–H and O–H groups in total. The van der Waals surface area contributed by atoms with E-state index in [1.54, 1.807) is 4.57 Å². The van der Waals surface area contributed by atoms with E-state index in [-0.39, 0.29) is 10.9 Å². The molecule has 36 heavy (non-hydrogen) atoms. The molecule has 5 rings (SSSR count). The molecule has 1 aliphatic rings. The predicted octanol–water partition coefficient (Wildman–Crippen LogP) is 5.68. The number of nitrogens with zero attached hydrogens (tertiary/aromatic N) is 1. The van der Waals surface area contributed by atoms with Crippen molar-refractivity contribution in [1.82, 2.24) is 9.29 Å². The fraction of sp³-hybridized carbons (Fsp3) is 0.250. The lowest BCUT2D eigenvalue weighted by Gasteiger charge is -2.21. The molecule has 0 spiro atoms. The van der Waals surface area contributed by atoms with Crippen LogP contribution < -0.4 is 4.72 Å². The van der Waals surface area contributed by atoms with Gasteiger partial charge in [0.1, 0.15) is 11.4 Å². The van der Waals surface area contributed by atoms with Crippen LogP contribution >= 0.6 is 0 Å². The van der Waals surface area contributed by atoms with E-state index in [0.29, 0.717) is 18.5 Å². The van der Waals surface area contributed by atoms with Gasteiger partial charge < -0.3 is 4.74 Å². The molecule has 0 fully saturated rings. The van der Waals surface area contributed by atoms with Crippen LogP contribution in [0.15, 0.2) is 77.7 Å². The maximum Gasteiger partial charge on any atom is 0.419 e. The van der Waals surface area contributed by atoms with Gasteiger partial charge in [-0.25, -0.2) is 26.9 Å². The second-order valence-electron chi connectivity index (χ2n) is 10.1. The fourth-order valence-electron chi connectivity index (χ4n) is 4.63. The Balaban J connectivity index is 1.45. The fourth-order valence-corrected chi connectivity index (χ4v) is 5.87. The number of carbonyl (C=O) groups is 1. The van der Waals surface area contributed by atoms with Crippen molar-refractivity contribution < 1.29 is 22.3 Å². The summed E-state index contributed by atoms with van der Waals surface area (Å²) in [6.45, 7) is 5.50. The number of rotatable bonds is 4. The van der Waals surface area contributed by atoms with Gasteiger partial charge in [-0.15, -0.1) is 0 Å². The molecule has 8 heteroatoms. The van der Waals surface area contributed by atoms with E-state index < -0.39 is 27.5 Å². The SMILES string of the molecule is CC(C)(C)OC(=O)n1c(-c2ccc3c(c2)CC(NS(=O)(=O)c2ccc(F)cc2)C3)cc2ccccc21. The first kappa shape index (κ1) is 24.2. The summed E-state index contributed by atoms with van der Waals surface area (Å²) in [6, 6.07) is 20.0. The van der Waals surface area contributed by atoms with Crippen molar-refractivity contribution in [2.45, 2.75) is 50.2 Å². The molecule has 0 amide bonds. The number of hydrogen-bond donors (Lipinski definition) is 1. The van der Waals surface area contributed by atoms with Crippen LogP contribution in [0.5, 0.6) is 0 Å². The van der Waals surface area contributed by atoms with E-state index in [1.807, 2.05) is 69.3 Å². The highest BCUT2D eigenvalue weighted by Gasteiger charge is 2.28. The summed E-state index contributed by atoms with van der Waals surface area (Å²) in [5.74, 6) is -0.487. The molecule has 0 radical (unpaired) electrons. The summed E-state index contributed by atoms with van der Waals surface area (Å²) in [7, 11) is -3.78. The third kappa shape index (κ3) is 4.79. The Bertz CT molecular complexity index is 1570. The van der Waals surface area contributed by atoms with Crippen LogP contribution in [0.25, 0.3) is 22.2 Å². The molecule has 0 saturated heterocycles. The molecular weight excluding hydrogens is 479 g/mol. The number of aromatic nitrogens is 1. The maximum atomic E-state index is 13.2. The third-order valence-electron chi connectivity index (χ3n) is 6.17. The standard InChI is InChI=1S/C28H27FN2O4S/c1-28(2,3)35-27(32)31-25-7-5-4-6-19(25)17-26(31)20-9-8-18-15-23(16-21(18)14-20)30-36(33,34)24-12-10-22(29)11-13-24/h4-14,17,23,30H,15-16H2,1-3H3. The number of sulfonamides is 1. The number of para-hydroxylation sites is 1. The van der Waals surface area contributed by atoms with Crippen molar-refractivity contribution in [3.05, 3.63) is 89.7 Å². The monoisotopic (exact) mass is 506 g/mol. The molecule has 4 aromatic rings. The number of hydrogen-bond acceptors (Lipinski definition) is 4. The van der Waals surface area contributed by atoms with Gasteiger partial charge in [0.15, 0.2) is 0 Å². The summed E-state index contributed by atoms with van der Waals surface area (Å²) in [4.78, 5) is 13.2. The van der Waals surface area contributed by atoms with Crippen molar-refractivity contribution in [2.24, 2.45) is 0 Å². The van der Waals surface area contributed by atoms with Crippen molar-refractivity contribution in [1.29, 1.82) is 0 Å². The van der Waals surface area contributed by atoms with E-state index in [4.69, 9.17) is 4.74 Å². The average molecular weight is 507 g/mol. The smallest absolute Gasteiger partial charge is 0.419 e. The van der Waals surface area contributed by atoms with Gasteiger partial charge in [-0.05, 0) is 92.8 Å². The van der Waals surface area contributed by atoms with Crippen LogP contribution in [0.2, 0.25) is 0 Å². The summed E-state index contributed by atoms with van der Waals surface area (Å²) in [5, 5.41) is 0.920. The minimum Gasteiger partial charge on any atom is -0.443 e. The Morgan fingerprint density at radius 3 is 2.39 bits per heavy atom. The average Bonchev–Trinajstić information content (AvgIpc) is 3.38. The van der Waals surface area contributed by atoms with Gasteiger partial charge in [0.2, 0.25) is 10.0 Å². The number of ether oxygens (including phenoxy) is 1. The van der Waals surface area contributed by atoms with Crippen molar-refractivity contribution >= 4 is 27.0 Å². The van der Waals surface area contributed by atoms with Crippen molar-refractivity contribution in [2.75, 3.05) is 0 Å². The summed E-state index contributed by atoms with van der Waals surface area (Å²) in [6.07, 6.45) is 0.602. The molecule has 1 atom stereocenters. The summed E-state index contributed by atoms with van der Waals surface area (Å²) < 4.78 is 48.8. The molecule has 1 heterocycles. The maximum absolute atomic E-state index is 13.2. The number of carbonyl (C=O) groups excluding carboxylic acids is 1. The normalized spacial score (nSPS) is 15.7. The lowest BCUT2D eigenvalue weighted by Crippen LogP contribution is -2.35. The molecule has 1 aromatic heterocycles. The third-order valence-corrected chi connectivity index (χ3v) is 7.70. The molecule has 6 nitrogen and oxygen atoms in total. The molecule has 3 aromatic carbocycles. The quantitative estimate of drug-likeness (QED) is 0.387. The molecule has 0 aliphatic heterocycles. The largest absolute Gasteiger partial charge is 0.443 e. The lowest BCUT2D eigenvalue weighted by molar-refractivity contribution is 0.0547. The van der Waals surface area contributed by atoms with Gasteiger partial charge in [-0.1, -0.05) is 30.3 Å². The van der Waals surface area contributed by atoms with Gasteiger partial charge >= 0.3 is 6.09 Å². The number of benzene rings is 3. The van der Waals surface area contributed by atoms with Gasteiger partial charge in [0.05, 0.1) is 16.1 Å². The second-order valence-corrected chi connectivity index (χ2v) is 11.8. The van der Waals surface area contributed by atoms with E-state index in [0.717, 1.165) is 39.7 Å². The van der Waals surface area contributed by atoms with Crippen LogP contribution in [0, 0.1) is 5.82 Å². The molecule has 1 unspecified atom stereocenters. The van der Waals surface area contributed by atoms with Crippen LogP contribution in [-0.4, -0.2) is 30.7 Å².